The van der Waals surface area contributed by atoms with Gasteiger partial charge in [-0.3, -0.25) is 4.79 Å². The summed E-state index contributed by atoms with van der Waals surface area (Å²) in [6.07, 6.45) is 0. The summed E-state index contributed by atoms with van der Waals surface area (Å²) in [5.74, 6) is -0.170. The van der Waals surface area contributed by atoms with E-state index in [0.29, 0.717) is 16.9 Å². The summed E-state index contributed by atoms with van der Waals surface area (Å²) in [4.78, 5) is 23.4. The minimum atomic E-state index is -0.367. The molecule has 21 heavy (non-hydrogen) atoms. The van der Waals surface area contributed by atoms with Gasteiger partial charge < -0.3 is 16.4 Å². The van der Waals surface area contributed by atoms with Crippen molar-refractivity contribution in [3.05, 3.63) is 57.7 Å². The van der Waals surface area contributed by atoms with Crippen molar-refractivity contribution >= 4 is 45.8 Å². The third-order valence-electron chi connectivity index (χ3n) is 2.73. The Kier molecular flexibility index (Phi) is 5.29. The summed E-state index contributed by atoms with van der Waals surface area (Å²) in [5.41, 5.74) is 7.03. The second-order valence-corrected chi connectivity index (χ2v) is 5.54. The number of benzene rings is 2. The molecule has 0 atom stereocenters. The first-order valence-electron chi connectivity index (χ1n) is 6.25. The number of carbonyl (C=O) groups excluding carboxylic acids is 2. The van der Waals surface area contributed by atoms with Crippen LogP contribution < -0.4 is 16.4 Å². The van der Waals surface area contributed by atoms with Crippen molar-refractivity contribution in [3.8, 4) is 0 Å². The molecule has 2 rings (SSSR count). The lowest BCUT2D eigenvalue weighted by Crippen LogP contribution is -2.20. The smallest absolute Gasteiger partial charge is 0.323 e. The van der Waals surface area contributed by atoms with Gasteiger partial charge in [0.1, 0.15) is 0 Å². The fourth-order valence-corrected chi connectivity index (χ4v) is 2.07. The fraction of sp³-hybridized carbons (Fsp3) is 0.0667. The highest BCUT2D eigenvalue weighted by Gasteiger charge is 2.06. The van der Waals surface area contributed by atoms with E-state index in [1.165, 1.54) is 0 Å². The molecule has 4 N–H and O–H groups in total. The number of nitrogens with one attached hydrogen (secondary N) is 2. The van der Waals surface area contributed by atoms with Gasteiger partial charge in [-0.15, -0.1) is 0 Å². The van der Waals surface area contributed by atoms with Crippen LogP contribution in [-0.4, -0.2) is 18.4 Å². The average Bonchev–Trinajstić information content (AvgIpc) is 2.49. The Morgan fingerprint density at radius 2 is 1.67 bits per heavy atom. The molecule has 0 aliphatic heterocycles. The van der Waals surface area contributed by atoms with Gasteiger partial charge in [-0.25, -0.2) is 4.79 Å². The lowest BCUT2D eigenvalue weighted by Gasteiger charge is -2.08. The van der Waals surface area contributed by atoms with E-state index < -0.39 is 0 Å². The molecule has 0 aliphatic carbocycles. The Morgan fingerprint density at radius 3 is 2.33 bits per heavy atom. The minimum absolute atomic E-state index is 0.0572. The number of halogens is 1. The van der Waals surface area contributed by atoms with Gasteiger partial charge in [0.2, 0.25) is 0 Å². The third kappa shape index (κ3) is 4.54. The molecule has 0 aliphatic rings. The number of urea groups is 1. The SMILES string of the molecule is NCC(=O)c1cccc(NC(=O)Nc2ccc(I)cc2)c1. The van der Waals surface area contributed by atoms with Crippen molar-refractivity contribution in [2.75, 3.05) is 17.2 Å². The number of ketones is 1. The molecule has 2 aromatic rings. The van der Waals surface area contributed by atoms with Crippen LogP contribution in [0.25, 0.3) is 0 Å². The Labute approximate surface area is 136 Å². The zero-order chi connectivity index (χ0) is 15.2. The first-order valence-corrected chi connectivity index (χ1v) is 7.33. The maximum Gasteiger partial charge on any atom is 0.323 e. The molecule has 0 saturated carbocycles. The van der Waals surface area contributed by atoms with E-state index in [1.54, 1.807) is 24.3 Å². The average molecular weight is 395 g/mol. The van der Waals surface area contributed by atoms with Crippen LogP contribution in [0.4, 0.5) is 16.2 Å². The largest absolute Gasteiger partial charge is 0.324 e. The van der Waals surface area contributed by atoms with Gasteiger partial charge in [-0.05, 0) is 59.0 Å². The topological polar surface area (TPSA) is 84.2 Å². The number of Topliss-reactive ketones (excluding diaryl/α,β-unsaturated/α-hetero) is 1. The van der Waals surface area contributed by atoms with Crippen LogP contribution in [-0.2, 0) is 0 Å². The molecule has 0 spiro atoms. The molecule has 0 aromatic heterocycles. The number of rotatable bonds is 4. The number of hydrogen-bond donors (Lipinski definition) is 3. The van der Waals surface area contributed by atoms with Crippen molar-refractivity contribution in [2.45, 2.75) is 0 Å². The fourth-order valence-electron chi connectivity index (χ4n) is 1.71. The van der Waals surface area contributed by atoms with Gasteiger partial charge >= 0.3 is 6.03 Å². The van der Waals surface area contributed by atoms with Crippen LogP contribution in [0.3, 0.4) is 0 Å². The van der Waals surface area contributed by atoms with Gasteiger partial charge in [-0.1, -0.05) is 12.1 Å². The van der Waals surface area contributed by atoms with Crippen molar-refractivity contribution in [1.29, 1.82) is 0 Å². The van der Waals surface area contributed by atoms with Gasteiger partial charge in [0, 0.05) is 20.5 Å². The second-order valence-electron chi connectivity index (χ2n) is 4.29. The lowest BCUT2D eigenvalue weighted by molar-refractivity contribution is 0.100. The van der Waals surface area contributed by atoms with Gasteiger partial charge in [0.25, 0.3) is 0 Å². The van der Waals surface area contributed by atoms with Crippen LogP contribution in [0.5, 0.6) is 0 Å². The third-order valence-corrected chi connectivity index (χ3v) is 3.45. The molecular formula is C15H14IN3O2. The second kappa shape index (κ2) is 7.19. The Hall–Kier alpha value is -1.93. The highest BCUT2D eigenvalue weighted by Crippen LogP contribution is 2.14. The molecule has 5 nitrogen and oxygen atoms in total. The first kappa shape index (κ1) is 15.5. The summed E-state index contributed by atoms with van der Waals surface area (Å²) < 4.78 is 1.09. The Bertz CT molecular complexity index is 656. The van der Waals surface area contributed by atoms with E-state index in [-0.39, 0.29) is 18.4 Å². The molecule has 108 valence electrons. The van der Waals surface area contributed by atoms with Crippen LogP contribution in [0.2, 0.25) is 0 Å². The molecular weight excluding hydrogens is 381 g/mol. The molecule has 0 heterocycles. The monoisotopic (exact) mass is 395 g/mol. The van der Waals surface area contributed by atoms with Crippen LogP contribution in [0.1, 0.15) is 10.4 Å². The van der Waals surface area contributed by atoms with E-state index in [0.717, 1.165) is 3.57 Å². The molecule has 0 unspecified atom stereocenters. The molecule has 0 radical (unpaired) electrons. The van der Waals surface area contributed by atoms with E-state index in [4.69, 9.17) is 5.73 Å². The van der Waals surface area contributed by atoms with Crippen molar-refractivity contribution < 1.29 is 9.59 Å². The van der Waals surface area contributed by atoms with E-state index in [2.05, 4.69) is 33.2 Å². The van der Waals surface area contributed by atoms with Crippen LogP contribution >= 0.6 is 22.6 Å². The zero-order valence-electron chi connectivity index (χ0n) is 11.1. The first-order chi connectivity index (χ1) is 10.1. The van der Waals surface area contributed by atoms with E-state index >= 15 is 0 Å². The number of hydrogen-bond acceptors (Lipinski definition) is 3. The van der Waals surface area contributed by atoms with Crippen LogP contribution in [0.15, 0.2) is 48.5 Å². The Morgan fingerprint density at radius 1 is 1.00 bits per heavy atom. The summed E-state index contributed by atoms with van der Waals surface area (Å²) in [6, 6.07) is 13.7. The maximum atomic E-state index is 11.9. The van der Waals surface area contributed by atoms with Crippen LogP contribution in [0, 0.1) is 3.57 Å². The van der Waals surface area contributed by atoms with Crippen molar-refractivity contribution in [1.82, 2.24) is 0 Å². The standard InChI is InChI=1S/C15H14IN3O2/c16-11-4-6-12(7-5-11)18-15(21)19-13-3-1-2-10(8-13)14(20)9-17/h1-8H,9,17H2,(H2,18,19,21). The summed E-state index contributed by atoms with van der Waals surface area (Å²) >= 11 is 2.19. The van der Waals surface area contributed by atoms with E-state index in [9.17, 15) is 9.59 Å². The van der Waals surface area contributed by atoms with Gasteiger partial charge in [0.15, 0.2) is 5.78 Å². The Balaban J connectivity index is 2.02. The highest BCUT2D eigenvalue weighted by molar-refractivity contribution is 14.1. The molecule has 6 heteroatoms. The van der Waals surface area contributed by atoms with Gasteiger partial charge in [0.05, 0.1) is 6.54 Å². The molecule has 2 amide bonds. The minimum Gasteiger partial charge on any atom is -0.324 e. The number of anilines is 2. The lowest BCUT2D eigenvalue weighted by atomic mass is 10.1. The zero-order valence-corrected chi connectivity index (χ0v) is 13.3. The normalized spacial score (nSPS) is 10.0. The van der Waals surface area contributed by atoms with Crippen molar-refractivity contribution in [3.63, 3.8) is 0 Å². The predicted molar refractivity (Wildman–Crippen MR) is 91.6 cm³/mol. The molecule has 0 fully saturated rings. The van der Waals surface area contributed by atoms with Gasteiger partial charge in [-0.2, -0.15) is 0 Å². The highest BCUT2D eigenvalue weighted by atomic mass is 127. The molecule has 0 saturated heterocycles. The quantitative estimate of drug-likeness (QED) is 0.550. The predicted octanol–water partition coefficient (Wildman–Crippen LogP) is 3.08. The molecule has 2 aromatic carbocycles. The summed E-state index contributed by atoms with van der Waals surface area (Å²) in [7, 11) is 0. The summed E-state index contributed by atoms with van der Waals surface area (Å²) in [6.45, 7) is -0.0572. The maximum absolute atomic E-state index is 11.9. The van der Waals surface area contributed by atoms with Crippen molar-refractivity contribution in [2.24, 2.45) is 5.73 Å². The van der Waals surface area contributed by atoms with E-state index in [1.807, 2.05) is 24.3 Å². The number of amides is 2. The molecule has 0 bridgehead atoms. The number of nitrogens with two attached hydrogens (primary N) is 1. The summed E-state index contributed by atoms with van der Waals surface area (Å²) in [5, 5.41) is 5.40. The number of carbonyl (C=O) groups is 2.